The lowest BCUT2D eigenvalue weighted by molar-refractivity contribution is 0.431. The Labute approximate surface area is 128 Å². The average Bonchev–Trinajstić information content (AvgIpc) is 2.80. The molecule has 1 heterocycles. The Morgan fingerprint density at radius 2 is 1.67 bits per heavy atom. The third-order valence-electron chi connectivity index (χ3n) is 4.97. The van der Waals surface area contributed by atoms with Crippen LogP contribution < -0.4 is 4.90 Å². The minimum absolute atomic E-state index is 0.527. The van der Waals surface area contributed by atoms with Crippen LogP contribution in [0.15, 0.2) is 54.6 Å². The van der Waals surface area contributed by atoms with Crippen LogP contribution in [0.3, 0.4) is 0 Å². The summed E-state index contributed by atoms with van der Waals surface area (Å²) in [5.41, 5.74) is 4.22. The van der Waals surface area contributed by atoms with Gasteiger partial charge in [0.15, 0.2) is 0 Å². The van der Waals surface area contributed by atoms with E-state index in [1.54, 1.807) is 0 Å². The van der Waals surface area contributed by atoms with Gasteiger partial charge in [0.05, 0.1) is 0 Å². The summed E-state index contributed by atoms with van der Waals surface area (Å²) in [4.78, 5) is 2.52. The highest BCUT2D eigenvalue weighted by molar-refractivity contribution is 5.72. The first-order valence-electron chi connectivity index (χ1n) is 8.15. The van der Waals surface area contributed by atoms with Gasteiger partial charge in [-0.1, -0.05) is 56.7 Å². The SMILES string of the molecule is CCC(C)CC1c2ccccc2N(c2ccccc2)C1C. The van der Waals surface area contributed by atoms with E-state index in [4.69, 9.17) is 0 Å². The van der Waals surface area contributed by atoms with E-state index < -0.39 is 0 Å². The fraction of sp³-hybridized carbons (Fsp3) is 0.400. The van der Waals surface area contributed by atoms with Crippen LogP contribution in [0, 0.1) is 5.92 Å². The van der Waals surface area contributed by atoms with Crippen molar-refractivity contribution in [3.8, 4) is 0 Å². The second-order valence-electron chi connectivity index (χ2n) is 6.36. The molecule has 3 rings (SSSR count). The quantitative estimate of drug-likeness (QED) is 0.689. The third kappa shape index (κ3) is 2.57. The molecule has 2 aromatic rings. The van der Waals surface area contributed by atoms with Gasteiger partial charge in [-0.2, -0.15) is 0 Å². The summed E-state index contributed by atoms with van der Waals surface area (Å²) >= 11 is 0. The Bertz CT molecular complexity index is 590. The van der Waals surface area contributed by atoms with E-state index in [0.29, 0.717) is 12.0 Å². The molecule has 0 bridgehead atoms. The minimum Gasteiger partial charge on any atom is -0.338 e. The Hall–Kier alpha value is -1.76. The van der Waals surface area contributed by atoms with Gasteiger partial charge in [0.25, 0.3) is 0 Å². The zero-order chi connectivity index (χ0) is 14.8. The molecule has 0 spiro atoms. The Morgan fingerprint density at radius 1 is 1.00 bits per heavy atom. The van der Waals surface area contributed by atoms with Gasteiger partial charge < -0.3 is 4.90 Å². The zero-order valence-electron chi connectivity index (χ0n) is 13.3. The molecule has 0 radical (unpaired) electrons. The van der Waals surface area contributed by atoms with E-state index >= 15 is 0 Å². The maximum Gasteiger partial charge on any atom is 0.0449 e. The highest BCUT2D eigenvalue weighted by Crippen LogP contribution is 2.47. The molecule has 3 atom stereocenters. The number of anilines is 2. The summed E-state index contributed by atoms with van der Waals surface area (Å²) in [5, 5.41) is 0. The molecule has 0 saturated heterocycles. The standard InChI is InChI=1S/C20H25N/c1-4-15(2)14-19-16(3)21(17-10-6-5-7-11-17)20-13-9-8-12-18(19)20/h5-13,15-16,19H,4,14H2,1-3H3. The summed E-state index contributed by atoms with van der Waals surface area (Å²) in [7, 11) is 0. The molecule has 21 heavy (non-hydrogen) atoms. The molecule has 2 aromatic carbocycles. The lowest BCUT2D eigenvalue weighted by atomic mass is 9.86. The van der Waals surface area contributed by atoms with Gasteiger partial charge >= 0.3 is 0 Å². The molecule has 0 aliphatic carbocycles. The Balaban J connectivity index is 2.00. The number of rotatable bonds is 4. The van der Waals surface area contributed by atoms with Gasteiger partial charge in [-0.15, -0.1) is 0 Å². The molecule has 0 N–H and O–H groups in total. The maximum atomic E-state index is 2.52. The molecule has 3 unspecified atom stereocenters. The predicted molar refractivity (Wildman–Crippen MR) is 91.3 cm³/mol. The van der Waals surface area contributed by atoms with Crippen molar-refractivity contribution >= 4 is 11.4 Å². The number of benzene rings is 2. The van der Waals surface area contributed by atoms with E-state index in [0.717, 1.165) is 5.92 Å². The summed E-state index contributed by atoms with van der Waals surface area (Å²) in [6.07, 6.45) is 2.54. The first kappa shape index (κ1) is 14.2. The smallest absolute Gasteiger partial charge is 0.0449 e. The Kier molecular flexibility index (Phi) is 4.01. The van der Waals surface area contributed by atoms with Crippen LogP contribution in [0.25, 0.3) is 0 Å². The monoisotopic (exact) mass is 279 g/mol. The summed E-state index contributed by atoms with van der Waals surface area (Å²) in [6.45, 7) is 7.05. The van der Waals surface area contributed by atoms with Gasteiger partial charge in [0.1, 0.15) is 0 Å². The molecule has 0 aromatic heterocycles. The van der Waals surface area contributed by atoms with Gasteiger partial charge in [-0.05, 0) is 43.0 Å². The lowest BCUT2D eigenvalue weighted by Gasteiger charge is -2.28. The van der Waals surface area contributed by atoms with Gasteiger partial charge in [0, 0.05) is 23.3 Å². The molecule has 0 saturated carbocycles. The van der Waals surface area contributed by atoms with Crippen molar-refractivity contribution in [2.45, 2.75) is 45.6 Å². The van der Waals surface area contributed by atoms with Crippen LogP contribution in [-0.4, -0.2) is 6.04 Å². The van der Waals surface area contributed by atoms with Crippen molar-refractivity contribution in [3.63, 3.8) is 0 Å². The largest absolute Gasteiger partial charge is 0.338 e. The topological polar surface area (TPSA) is 3.24 Å². The van der Waals surface area contributed by atoms with Gasteiger partial charge in [-0.3, -0.25) is 0 Å². The fourth-order valence-corrected chi connectivity index (χ4v) is 3.57. The van der Waals surface area contributed by atoms with E-state index in [-0.39, 0.29) is 0 Å². The first-order valence-corrected chi connectivity index (χ1v) is 8.15. The lowest BCUT2D eigenvalue weighted by Crippen LogP contribution is -2.27. The van der Waals surface area contributed by atoms with E-state index in [9.17, 15) is 0 Å². The molecule has 110 valence electrons. The van der Waals surface area contributed by atoms with Crippen LogP contribution in [0.2, 0.25) is 0 Å². The summed E-state index contributed by atoms with van der Waals surface area (Å²) in [6, 6.07) is 20.3. The van der Waals surface area contributed by atoms with E-state index in [2.05, 4.69) is 80.3 Å². The highest BCUT2D eigenvalue weighted by atomic mass is 15.2. The average molecular weight is 279 g/mol. The van der Waals surface area contributed by atoms with Gasteiger partial charge in [-0.25, -0.2) is 0 Å². The normalized spacial score (nSPS) is 22.1. The molecule has 0 amide bonds. The van der Waals surface area contributed by atoms with Crippen LogP contribution in [0.4, 0.5) is 11.4 Å². The third-order valence-corrected chi connectivity index (χ3v) is 4.97. The predicted octanol–water partition coefficient (Wildman–Crippen LogP) is 5.75. The van der Waals surface area contributed by atoms with Crippen molar-refractivity contribution in [1.82, 2.24) is 0 Å². The Morgan fingerprint density at radius 3 is 2.38 bits per heavy atom. The number of nitrogens with zero attached hydrogens (tertiary/aromatic N) is 1. The maximum absolute atomic E-state index is 2.52. The second kappa shape index (κ2) is 5.93. The molecular formula is C20H25N. The molecule has 1 aliphatic heterocycles. The highest BCUT2D eigenvalue weighted by Gasteiger charge is 2.36. The minimum atomic E-state index is 0.527. The van der Waals surface area contributed by atoms with Crippen molar-refractivity contribution in [3.05, 3.63) is 60.2 Å². The molecular weight excluding hydrogens is 254 g/mol. The van der Waals surface area contributed by atoms with Crippen LogP contribution in [0.1, 0.15) is 45.1 Å². The van der Waals surface area contributed by atoms with Crippen molar-refractivity contribution in [1.29, 1.82) is 0 Å². The van der Waals surface area contributed by atoms with Crippen LogP contribution in [-0.2, 0) is 0 Å². The van der Waals surface area contributed by atoms with Crippen molar-refractivity contribution < 1.29 is 0 Å². The molecule has 1 aliphatic rings. The van der Waals surface area contributed by atoms with Crippen molar-refractivity contribution in [2.75, 3.05) is 4.90 Å². The summed E-state index contributed by atoms with van der Waals surface area (Å²) in [5.74, 6) is 1.41. The fourth-order valence-electron chi connectivity index (χ4n) is 3.57. The molecule has 1 heteroatoms. The number of fused-ring (bicyclic) bond motifs is 1. The second-order valence-corrected chi connectivity index (χ2v) is 6.36. The van der Waals surface area contributed by atoms with E-state index in [1.807, 2.05) is 0 Å². The summed E-state index contributed by atoms with van der Waals surface area (Å²) < 4.78 is 0. The molecule has 1 nitrogen and oxygen atoms in total. The molecule has 0 fully saturated rings. The van der Waals surface area contributed by atoms with Crippen LogP contribution >= 0.6 is 0 Å². The first-order chi connectivity index (χ1) is 10.2. The number of para-hydroxylation sites is 2. The zero-order valence-corrected chi connectivity index (χ0v) is 13.3. The van der Waals surface area contributed by atoms with Crippen LogP contribution in [0.5, 0.6) is 0 Å². The van der Waals surface area contributed by atoms with Crippen molar-refractivity contribution in [2.24, 2.45) is 5.92 Å². The van der Waals surface area contributed by atoms with Gasteiger partial charge in [0.2, 0.25) is 0 Å². The number of hydrogen-bond donors (Lipinski definition) is 0. The van der Waals surface area contributed by atoms with E-state index in [1.165, 1.54) is 29.8 Å². The number of hydrogen-bond acceptors (Lipinski definition) is 1.